The van der Waals surface area contributed by atoms with E-state index in [4.69, 9.17) is 16.3 Å². The van der Waals surface area contributed by atoms with Gasteiger partial charge in [-0.3, -0.25) is 9.53 Å². The van der Waals surface area contributed by atoms with Gasteiger partial charge >= 0.3 is 6.36 Å². The van der Waals surface area contributed by atoms with Crippen LogP contribution in [-0.2, 0) is 19.7 Å². The first-order valence-electron chi connectivity index (χ1n) is 10.2. The molecule has 0 atom stereocenters. The molecule has 0 spiro atoms. The number of nitrogens with zero attached hydrogens (tertiary/aromatic N) is 2. The van der Waals surface area contributed by atoms with Crippen LogP contribution in [0.15, 0.2) is 30.6 Å². The first-order valence-corrected chi connectivity index (χ1v) is 10.6. The normalized spacial score (nSPS) is 30.8. The first-order chi connectivity index (χ1) is 15.0. The molecule has 1 aromatic heterocycles. The van der Waals surface area contributed by atoms with Crippen LogP contribution < -0.4 is 5.32 Å². The van der Waals surface area contributed by atoms with Gasteiger partial charge in [-0.1, -0.05) is 11.6 Å². The Morgan fingerprint density at radius 1 is 1.25 bits per heavy atom. The molecule has 4 saturated carbocycles. The van der Waals surface area contributed by atoms with Crippen LogP contribution in [0.4, 0.5) is 17.6 Å². The number of carbonyl (C=O) groups excluding carboxylic acids is 1. The number of ether oxygens (including phenoxy) is 2. The van der Waals surface area contributed by atoms with E-state index in [9.17, 15) is 22.4 Å². The number of carbonyl (C=O) groups is 1. The predicted octanol–water partition coefficient (Wildman–Crippen LogP) is 4.04. The second kappa shape index (κ2) is 7.43. The highest BCUT2D eigenvalue weighted by Crippen LogP contribution is 2.67. The number of benzene rings is 1. The van der Waals surface area contributed by atoms with Gasteiger partial charge in [-0.2, -0.15) is 5.10 Å². The Bertz CT molecular complexity index is 1030. The number of alkyl halides is 3. The molecule has 0 radical (unpaired) electrons. The minimum absolute atomic E-state index is 0.0481. The van der Waals surface area contributed by atoms with Crippen molar-refractivity contribution < 1.29 is 31.8 Å². The quantitative estimate of drug-likeness (QED) is 0.616. The Labute approximate surface area is 185 Å². The molecule has 1 aromatic carbocycles. The maximum Gasteiger partial charge on any atom is 0.522 e. The summed E-state index contributed by atoms with van der Waals surface area (Å²) in [6.45, 7) is -0.182. The monoisotopic (exact) mass is 473 g/mol. The van der Waals surface area contributed by atoms with Gasteiger partial charge in [0.2, 0.25) is 5.91 Å². The SMILES string of the molecule is O=C(CO[C@H]1C[C@@H](OC(F)(F)F)C1)NC12CC(c3cnn(-c4ccc(Cl)c(F)c4)c3)(C1)C2. The summed E-state index contributed by atoms with van der Waals surface area (Å²) in [7, 11) is 0. The Hall–Kier alpha value is -2.17. The number of rotatable bonds is 7. The van der Waals surface area contributed by atoms with Crippen molar-refractivity contribution in [3.05, 3.63) is 47.0 Å². The summed E-state index contributed by atoms with van der Waals surface area (Å²) in [6.07, 6.45) is 0.275. The molecule has 1 N–H and O–H groups in total. The molecule has 2 aromatic rings. The summed E-state index contributed by atoms with van der Waals surface area (Å²) in [5, 5.41) is 7.37. The Balaban J connectivity index is 1.08. The molecule has 6 nitrogen and oxygen atoms in total. The van der Waals surface area contributed by atoms with Gasteiger partial charge in [-0.25, -0.2) is 9.07 Å². The fourth-order valence-electron chi connectivity index (χ4n) is 5.06. The lowest BCUT2D eigenvalue weighted by molar-refractivity contribution is -0.357. The van der Waals surface area contributed by atoms with Crippen LogP contribution in [-0.4, -0.2) is 46.4 Å². The third kappa shape index (κ3) is 3.99. The van der Waals surface area contributed by atoms with Crippen LogP contribution in [0.25, 0.3) is 5.69 Å². The van der Waals surface area contributed by atoms with Crippen molar-refractivity contribution in [3.8, 4) is 5.69 Å². The van der Waals surface area contributed by atoms with Gasteiger partial charge in [0.05, 0.1) is 29.1 Å². The van der Waals surface area contributed by atoms with E-state index in [1.807, 2.05) is 6.20 Å². The van der Waals surface area contributed by atoms with Crippen LogP contribution in [0.1, 0.15) is 37.7 Å². The smallest absolute Gasteiger partial charge is 0.368 e. The van der Waals surface area contributed by atoms with Gasteiger partial charge in [0, 0.05) is 36.1 Å². The number of halogens is 5. The molecule has 4 aliphatic carbocycles. The first kappa shape index (κ1) is 21.7. The Kier molecular flexibility index (Phi) is 5.03. The van der Waals surface area contributed by atoms with E-state index < -0.39 is 24.4 Å². The lowest BCUT2D eigenvalue weighted by atomic mass is 9.37. The predicted molar refractivity (Wildman–Crippen MR) is 105 cm³/mol. The topological polar surface area (TPSA) is 65.4 Å². The van der Waals surface area contributed by atoms with Crippen LogP contribution in [0, 0.1) is 5.82 Å². The highest BCUT2D eigenvalue weighted by molar-refractivity contribution is 6.30. The van der Waals surface area contributed by atoms with E-state index in [2.05, 4.69) is 15.2 Å². The van der Waals surface area contributed by atoms with Crippen molar-refractivity contribution in [1.82, 2.24) is 15.1 Å². The molecule has 6 rings (SSSR count). The molecule has 4 aliphatic rings. The Morgan fingerprint density at radius 3 is 2.62 bits per heavy atom. The van der Waals surface area contributed by atoms with Crippen molar-refractivity contribution in [1.29, 1.82) is 0 Å². The van der Waals surface area contributed by atoms with Crippen molar-refractivity contribution in [2.24, 2.45) is 0 Å². The van der Waals surface area contributed by atoms with Crippen molar-refractivity contribution in [3.63, 3.8) is 0 Å². The number of amides is 1. The lowest BCUT2D eigenvalue weighted by Crippen LogP contribution is -2.77. The maximum absolute atomic E-state index is 13.7. The summed E-state index contributed by atoms with van der Waals surface area (Å²) >= 11 is 5.73. The molecule has 0 saturated heterocycles. The van der Waals surface area contributed by atoms with Crippen molar-refractivity contribution in [2.45, 2.75) is 61.6 Å². The minimum Gasteiger partial charge on any atom is -0.368 e. The number of hydrogen-bond donors (Lipinski definition) is 1. The second-order valence-electron chi connectivity index (χ2n) is 9.00. The average Bonchev–Trinajstić information content (AvgIpc) is 3.10. The molecule has 2 bridgehead atoms. The van der Waals surface area contributed by atoms with Crippen molar-refractivity contribution in [2.75, 3.05) is 6.61 Å². The summed E-state index contributed by atoms with van der Waals surface area (Å²) in [5.74, 6) is -0.785. The largest absolute Gasteiger partial charge is 0.522 e. The van der Waals surface area contributed by atoms with Crippen LogP contribution >= 0.6 is 11.6 Å². The van der Waals surface area contributed by atoms with E-state index in [1.165, 1.54) is 12.1 Å². The zero-order chi connectivity index (χ0) is 22.7. The summed E-state index contributed by atoms with van der Waals surface area (Å²) in [5.41, 5.74) is 1.29. The summed E-state index contributed by atoms with van der Waals surface area (Å²) < 4.78 is 61.0. The zero-order valence-electron chi connectivity index (χ0n) is 16.8. The average molecular weight is 474 g/mol. The van der Waals surface area contributed by atoms with Crippen molar-refractivity contribution >= 4 is 17.5 Å². The maximum atomic E-state index is 13.7. The fourth-order valence-corrected chi connectivity index (χ4v) is 5.17. The Morgan fingerprint density at radius 2 is 1.97 bits per heavy atom. The summed E-state index contributed by atoms with van der Waals surface area (Å²) in [4.78, 5) is 12.2. The molecule has 32 heavy (non-hydrogen) atoms. The molecular formula is C21H20ClF4N3O3. The minimum atomic E-state index is -4.64. The highest BCUT2D eigenvalue weighted by Gasteiger charge is 2.69. The number of nitrogens with one attached hydrogen (secondary N) is 1. The second-order valence-corrected chi connectivity index (χ2v) is 9.41. The fraction of sp³-hybridized carbons (Fsp3) is 0.524. The van der Waals surface area contributed by atoms with E-state index in [-0.39, 0.29) is 41.3 Å². The number of hydrogen-bond acceptors (Lipinski definition) is 4. The van der Waals surface area contributed by atoms with Gasteiger partial charge in [-0.15, -0.1) is 13.2 Å². The molecule has 4 fully saturated rings. The van der Waals surface area contributed by atoms with E-state index in [0.29, 0.717) is 5.69 Å². The molecule has 0 unspecified atom stereocenters. The van der Waals surface area contributed by atoms with Gasteiger partial charge in [0.15, 0.2) is 0 Å². The van der Waals surface area contributed by atoms with E-state index >= 15 is 0 Å². The van der Waals surface area contributed by atoms with Gasteiger partial charge < -0.3 is 10.1 Å². The number of aromatic nitrogens is 2. The molecule has 0 aliphatic heterocycles. The van der Waals surface area contributed by atoms with E-state index in [0.717, 1.165) is 24.8 Å². The third-order valence-corrected chi connectivity index (χ3v) is 6.91. The highest BCUT2D eigenvalue weighted by atomic mass is 35.5. The molecule has 11 heteroatoms. The van der Waals surface area contributed by atoms with Gasteiger partial charge in [0.1, 0.15) is 12.4 Å². The lowest BCUT2D eigenvalue weighted by Gasteiger charge is -2.70. The molecule has 172 valence electrons. The van der Waals surface area contributed by atoms with Gasteiger partial charge in [-0.05, 0) is 37.0 Å². The molecule has 1 amide bonds. The summed E-state index contributed by atoms with van der Waals surface area (Å²) in [6, 6.07) is 4.49. The third-order valence-electron chi connectivity index (χ3n) is 6.60. The molecule has 1 heterocycles. The molecular weight excluding hydrogens is 454 g/mol. The van der Waals surface area contributed by atoms with Crippen LogP contribution in [0.5, 0.6) is 0 Å². The zero-order valence-corrected chi connectivity index (χ0v) is 17.5. The standard InChI is InChI=1S/C21H20ClF4N3O3/c22-16-2-1-13(3-17(16)23)29-7-12(6-27-29)19-9-20(10-19,11-19)28-18(30)8-31-14-4-15(5-14)32-21(24,25)26/h1-3,6-7,14-15H,4-5,8-11H2,(H,28,30)/t14-,15+,19?,20?. The van der Waals surface area contributed by atoms with E-state index in [1.54, 1.807) is 16.9 Å². The van der Waals surface area contributed by atoms with Gasteiger partial charge in [0.25, 0.3) is 0 Å². The van der Waals surface area contributed by atoms with Crippen LogP contribution in [0.3, 0.4) is 0 Å². The van der Waals surface area contributed by atoms with Crippen LogP contribution in [0.2, 0.25) is 5.02 Å².